The molecule has 0 radical (unpaired) electrons. The van der Waals surface area contributed by atoms with Crippen molar-refractivity contribution in [3.63, 3.8) is 0 Å². The largest absolute Gasteiger partial charge is 0.489 e. The molecule has 9 heteroatoms. The Hall–Kier alpha value is -2.68. The molecule has 0 aliphatic rings. The van der Waals surface area contributed by atoms with Crippen LogP contribution in [0.3, 0.4) is 0 Å². The summed E-state index contributed by atoms with van der Waals surface area (Å²) < 4.78 is 31.7. The standard InChI is InChI=1S/C18H22F2N4O2S/c1-24(2)17(25)12-23-18(22-11-14-4-3-9-27-14)21-7-8-26-16-6-5-13(19)10-15(16)20/h3-6,9-10H,7-8,11-12H2,1-2H3,(H2,21,22,23). The Morgan fingerprint density at radius 3 is 2.74 bits per heavy atom. The molecule has 1 amide bonds. The summed E-state index contributed by atoms with van der Waals surface area (Å²) >= 11 is 1.61. The highest BCUT2D eigenvalue weighted by Gasteiger charge is 2.07. The highest BCUT2D eigenvalue weighted by Crippen LogP contribution is 2.17. The van der Waals surface area contributed by atoms with Crippen LogP contribution in [0, 0.1) is 11.6 Å². The molecule has 2 N–H and O–H groups in total. The van der Waals surface area contributed by atoms with Crippen LogP contribution < -0.4 is 15.4 Å². The third-order valence-corrected chi connectivity index (χ3v) is 4.30. The maximum atomic E-state index is 13.5. The number of halogens is 2. The molecule has 0 saturated heterocycles. The second-order valence-corrected chi connectivity index (χ2v) is 6.77. The van der Waals surface area contributed by atoms with Gasteiger partial charge in [-0.2, -0.15) is 0 Å². The molecule has 0 atom stereocenters. The van der Waals surface area contributed by atoms with Crippen molar-refractivity contribution in [2.45, 2.75) is 6.54 Å². The number of thiophene rings is 1. The Labute approximate surface area is 160 Å². The summed E-state index contributed by atoms with van der Waals surface area (Å²) in [6.07, 6.45) is 0. The Kier molecular flexibility index (Phi) is 8.00. The molecule has 0 saturated carbocycles. The van der Waals surface area contributed by atoms with Crippen molar-refractivity contribution in [2.24, 2.45) is 4.99 Å². The van der Waals surface area contributed by atoms with Crippen molar-refractivity contribution >= 4 is 23.2 Å². The number of likely N-dealkylation sites (N-methyl/N-ethyl adjacent to an activating group) is 1. The summed E-state index contributed by atoms with van der Waals surface area (Å²) in [5.41, 5.74) is 0. The van der Waals surface area contributed by atoms with E-state index in [1.54, 1.807) is 25.4 Å². The van der Waals surface area contributed by atoms with Gasteiger partial charge in [-0.15, -0.1) is 11.3 Å². The van der Waals surface area contributed by atoms with Gasteiger partial charge in [0.05, 0.1) is 13.1 Å². The van der Waals surface area contributed by atoms with Gasteiger partial charge < -0.3 is 20.3 Å². The molecule has 1 aromatic heterocycles. The molecule has 0 unspecified atom stereocenters. The monoisotopic (exact) mass is 396 g/mol. The molecule has 6 nitrogen and oxygen atoms in total. The molecule has 1 aromatic carbocycles. The second-order valence-electron chi connectivity index (χ2n) is 5.74. The molecule has 2 aromatic rings. The number of benzene rings is 1. The van der Waals surface area contributed by atoms with Crippen LogP contribution in [0.1, 0.15) is 4.88 Å². The topological polar surface area (TPSA) is 66.0 Å². The zero-order chi connectivity index (χ0) is 19.6. The van der Waals surface area contributed by atoms with Gasteiger partial charge in [-0.3, -0.25) is 4.79 Å². The minimum absolute atomic E-state index is 0.000219. The van der Waals surface area contributed by atoms with E-state index in [1.807, 2.05) is 17.5 Å². The summed E-state index contributed by atoms with van der Waals surface area (Å²) in [7, 11) is 3.32. The third-order valence-electron chi connectivity index (χ3n) is 3.43. The van der Waals surface area contributed by atoms with E-state index >= 15 is 0 Å². The fourth-order valence-corrected chi connectivity index (χ4v) is 2.61. The maximum Gasteiger partial charge on any atom is 0.243 e. The van der Waals surface area contributed by atoms with E-state index in [0.717, 1.165) is 17.0 Å². The van der Waals surface area contributed by atoms with Gasteiger partial charge in [-0.1, -0.05) is 6.07 Å². The molecule has 146 valence electrons. The summed E-state index contributed by atoms with van der Waals surface area (Å²) in [4.78, 5) is 18.6. The van der Waals surface area contributed by atoms with Crippen molar-refractivity contribution in [3.05, 3.63) is 52.2 Å². The number of nitrogens with zero attached hydrogens (tertiary/aromatic N) is 2. The Morgan fingerprint density at radius 2 is 2.07 bits per heavy atom. The van der Waals surface area contributed by atoms with Crippen LogP contribution in [0.15, 0.2) is 40.7 Å². The van der Waals surface area contributed by atoms with E-state index < -0.39 is 11.6 Å². The number of nitrogens with one attached hydrogen (secondary N) is 2. The number of hydrogen-bond acceptors (Lipinski definition) is 4. The molecule has 27 heavy (non-hydrogen) atoms. The van der Waals surface area contributed by atoms with E-state index in [2.05, 4.69) is 15.6 Å². The van der Waals surface area contributed by atoms with Crippen molar-refractivity contribution in [1.82, 2.24) is 15.5 Å². The van der Waals surface area contributed by atoms with Crippen LogP contribution in [0.5, 0.6) is 5.75 Å². The van der Waals surface area contributed by atoms with Crippen LogP contribution in [-0.4, -0.2) is 50.6 Å². The van der Waals surface area contributed by atoms with Crippen LogP contribution in [-0.2, 0) is 11.3 Å². The van der Waals surface area contributed by atoms with Crippen LogP contribution in [0.4, 0.5) is 8.78 Å². The Morgan fingerprint density at radius 1 is 1.26 bits per heavy atom. The van der Waals surface area contributed by atoms with E-state index in [0.29, 0.717) is 19.0 Å². The number of rotatable bonds is 8. The van der Waals surface area contributed by atoms with E-state index in [1.165, 1.54) is 11.0 Å². The first-order valence-corrected chi connectivity index (χ1v) is 9.16. The Balaban J connectivity index is 1.86. The smallest absolute Gasteiger partial charge is 0.243 e. The summed E-state index contributed by atoms with van der Waals surface area (Å²) in [5.74, 6) is -1.11. The zero-order valence-corrected chi connectivity index (χ0v) is 16.0. The quantitative estimate of drug-likeness (QED) is 0.408. The van der Waals surface area contributed by atoms with E-state index in [-0.39, 0.29) is 24.8 Å². The molecule has 0 aliphatic heterocycles. The molecule has 1 heterocycles. The van der Waals surface area contributed by atoms with Gasteiger partial charge in [-0.25, -0.2) is 13.8 Å². The molecule has 0 aliphatic carbocycles. The summed E-state index contributed by atoms with van der Waals surface area (Å²) in [6, 6.07) is 7.08. The number of carbonyl (C=O) groups is 1. The van der Waals surface area contributed by atoms with Crippen molar-refractivity contribution in [2.75, 3.05) is 33.8 Å². The number of guanidine groups is 1. The lowest BCUT2D eigenvalue weighted by molar-refractivity contribution is -0.127. The molecule has 0 bridgehead atoms. The van der Waals surface area contributed by atoms with Gasteiger partial charge in [0.25, 0.3) is 0 Å². The number of carbonyl (C=O) groups excluding carboxylic acids is 1. The van der Waals surface area contributed by atoms with E-state index in [4.69, 9.17) is 4.74 Å². The fraction of sp³-hybridized carbons (Fsp3) is 0.333. The first-order chi connectivity index (χ1) is 13.0. The first-order valence-electron chi connectivity index (χ1n) is 8.28. The van der Waals surface area contributed by atoms with E-state index in [9.17, 15) is 13.6 Å². The fourth-order valence-electron chi connectivity index (χ4n) is 1.97. The molecular formula is C18H22F2N4O2S. The average Bonchev–Trinajstić information content (AvgIpc) is 3.14. The summed E-state index contributed by atoms with van der Waals surface area (Å²) in [5, 5.41) is 8.14. The van der Waals surface area contributed by atoms with Crippen LogP contribution >= 0.6 is 11.3 Å². The van der Waals surface area contributed by atoms with Gasteiger partial charge in [0.2, 0.25) is 5.91 Å². The predicted molar refractivity (Wildman–Crippen MR) is 102 cm³/mol. The van der Waals surface area contributed by atoms with Crippen molar-refractivity contribution < 1.29 is 18.3 Å². The Bertz CT molecular complexity index is 767. The van der Waals surface area contributed by atoms with Crippen LogP contribution in [0.25, 0.3) is 0 Å². The SMILES string of the molecule is CN(C)C(=O)CN=C(NCCOc1ccc(F)cc1F)NCc1cccs1. The summed E-state index contributed by atoms with van der Waals surface area (Å²) in [6.45, 7) is 1.03. The third kappa shape index (κ3) is 7.22. The average molecular weight is 396 g/mol. The lowest BCUT2D eigenvalue weighted by Gasteiger charge is -2.14. The number of aliphatic imine (C=N–C) groups is 1. The van der Waals surface area contributed by atoms with Gasteiger partial charge in [-0.05, 0) is 23.6 Å². The number of hydrogen-bond donors (Lipinski definition) is 2. The molecule has 0 fully saturated rings. The zero-order valence-electron chi connectivity index (χ0n) is 15.2. The number of amides is 1. The van der Waals surface area contributed by atoms with Gasteiger partial charge in [0.15, 0.2) is 17.5 Å². The minimum Gasteiger partial charge on any atom is -0.489 e. The normalized spacial score (nSPS) is 11.2. The lowest BCUT2D eigenvalue weighted by atomic mass is 10.3. The highest BCUT2D eigenvalue weighted by atomic mass is 32.1. The minimum atomic E-state index is -0.753. The maximum absolute atomic E-state index is 13.5. The highest BCUT2D eigenvalue weighted by molar-refractivity contribution is 7.09. The molecule has 0 spiro atoms. The van der Waals surface area contributed by atoms with Crippen LogP contribution in [0.2, 0.25) is 0 Å². The number of ether oxygens (including phenoxy) is 1. The van der Waals surface area contributed by atoms with Crippen molar-refractivity contribution in [3.8, 4) is 5.75 Å². The first kappa shape index (κ1) is 20.6. The van der Waals surface area contributed by atoms with Crippen molar-refractivity contribution in [1.29, 1.82) is 0 Å². The molecular weight excluding hydrogens is 374 g/mol. The molecule has 2 rings (SSSR count). The predicted octanol–water partition coefficient (Wildman–Crippen LogP) is 2.23. The van der Waals surface area contributed by atoms with Gasteiger partial charge >= 0.3 is 0 Å². The van der Waals surface area contributed by atoms with Gasteiger partial charge in [0.1, 0.15) is 19.0 Å². The second kappa shape index (κ2) is 10.5. The van der Waals surface area contributed by atoms with Gasteiger partial charge in [0, 0.05) is 25.0 Å². The lowest BCUT2D eigenvalue weighted by Crippen LogP contribution is -2.40.